The molecule has 0 saturated carbocycles. The summed E-state index contributed by atoms with van der Waals surface area (Å²) in [5.41, 5.74) is 0.967. The number of nitrogens with zero attached hydrogens (tertiary/aromatic N) is 1. The molecule has 2 N–H and O–H groups in total. The van der Waals surface area contributed by atoms with E-state index < -0.39 is 11.4 Å². The van der Waals surface area contributed by atoms with Crippen LogP contribution < -0.4 is 5.14 Å². The van der Waals surface area contributed by atoms with Gasteiger partial charge >= 0.3 is 0 Å². The van der Waals surface area contributed by atoms with Crippen LogP contribution in [-0.2, 0) is 11.4 Å². The Balaban J connectivity index is 2.27. The first-order valence-electron chi connectivity index (χ1n) is 5.76. The maximum absolute atomic E-state index is 11.2. The normalized spacial score (nSPS) is 14.1. The minimum Gasteiger partial charge on any atom is -0.598 e. The Bertz CT molecular complexity index is 350. The minimum absolute atomic E-state index is 0.293. The van der Waals surface area contributed by atoms with Crippen molar-refractivity contribution < 1.29 is 4.55 Å². The average Bonchev–Trinajstić information content (AvgIpc) is 2.29. The second-order valence-electron chi connectivity index (χ2n) is 4.61. The van der Waals surface area contributed by atoms with Gasteiger partial charge in [-0.3, -0.25) is 4.98 Å². The lowest BCUT2D eigenvalue weighted by Gasteiger charge is -2.23. The molecule has 0 aliphatic carbocycles. The summed E-state index contributed by atoms with van der Waals surface area (Å²) in [7, 11) is 0. The molecule has 0 amide bonds. The monoisotopic (exact) mass is 252 g/mol. The summed E-state index contributed by atoms with van der Waals surface area (Å²) in [6, 6.07) is 5.83. The molecule has 0 spiro atoms. The molecule has 3 nitrogen and oxygen atoms in total. The van der Waals surface area contributed by atoms with Crippen molar-refractivity contribution in [1.82, 2.24) is 4.98 Å². The number of pyridine rings is 1. The van der Waals surface area contributed by atoms with Gasteiger partial charge in [0.2, 0.25) is 0 Å². The van der Waals surface area contributed by atoms with Crippen molar-refractivity contribution in [2.24, 2.45) is 5.14 Å². The zero-order valence-corrected chi connectivity index (χ0v) is 11.2. The van der Waals surface area contributed by atoms with Gasteiger partial charge in [0.25, 0.3) is 0 Å². The summed E-state index contributed by atoms with van der Waals surface area (Å²) >= 11 is -1.25. The smallest absolute Gasteiger partial charge is 0.139 e. The highest BCUT2D eigenvalue weighted by Crippen LogP contribution is 2.20. The molecule has 4 heteroatoms. The van der Waals surface area contributed by atoms with Crippen LogP contribution in [0.5, 0.6) is 0 Å². The van der Waals surface area contributed by atoms with Crippen LogP contribution in [0.3, 0.4) is 0 Å². The van der Waals surface area contributed by atoms with E-state index in [0.717, 1.165) is 25.0 Å². The molecule has 1 aromatic rings. The van der Waals surface area contributed by atoms with Crippen LogP contribution in [-0.4, -0.2) is 14.3 Å². The highest BCUT2D eigenvalue weighted by Gasteiger charge is 2.28. The quantitative estimate of drug-likeness (QED) is 0.625. The summed E-state index contributed by atoms with van der Waals surface area (Å²) in [5, 5.41) is 5.42. The van der Waals surface area contributed by atoms with Gasteiger partial charge < -0.3 is 4.55 Å². The van der Waals surface area contributed by atoms with Crippen LogP contribution in [0, 0.1) is 0 Å². The van der Waals surface area contributed by atoms with Gasteiger partial charge in [-0.2, -0.15) is 5.14 Å². The fourth-order valence-electron chi connectivity index (χ4n) is 1.42. The first kappa shape index (κ1) is 14.2. The fraction of sp³-hybridized carbons (Fsp3) is 0.462. The lowest BCUT2D eigenvalue weighted by atomic mass is 10.1. The average molecular weight is 252 g/mol. The van der Waals surface area contributed by atoms with Gasteiger partial charge in [-0.25, -0.2) is 0 Å². The predicted octanol–water partition coefficient (Wildman–Crippen LogP) is 2.67. The van der Waals surface area contributed by atoms with Gasteiger partial charge in [-0.15, -0.1) is 0 Å². The third-order valence-corrected chi connectivity index (χ3v) is 3.96. The molecule has 0 aliphatic rings. The Morgan fingerprint density at radius 3 is 2.82 bits per heavy atom. The van der Waals surface area contributed by atoms with Crippen LogP contribution >= 0.6 is 0 Å². The fourth-order valence-corrected chi connectivity index (χ4v) is 1.77. The Morgan fingerprint density at radius 1 is 1.47 bits per heavy atom. The number of allylic oxidation sites excluding steroid dienone is 1. The summed E-state index contributed by atoms with van der Waals surface area (Å²) in [4.78, 5) is 4.20. The number of nitrogens with two attached hydrogens (primary N) is 1. The molecular weight excluding hydrogens is 232 g/mol. The number of hydrogen-bond acceptors (Lipinski definition) is 3. The largest absolute Gasteiger partial charge is 0.598 e. The van der Waals surface area contributed by atoms with Crippen molar-refractivity contribution >= 4 is 17.4 Å². The second-order valence-corrected chi connectivity index (χ2v) is 6.31. The maximum atomic E-state index is 11.2. The zero-order chi connectivity index (χ0) is 12.7. The van der Waals surface area contributed by atoms with Gasteiger partial charge in [0.15, 0.2) is 0 Å². The molecule has 0 radical (unpaired) electrons. The van der Waals surface area contributed by atoms with Crippen molar-refractivity contribution in [3.05, 3.63) is 36.2 Å². The highest BCUT2D eigenvalue weighted by molar-refractivity contribution is 7.90. The van der Waals surface area contributed by atoms with E-state index in [1.165, 1.54) is 0 Å². The van der Waals surface area contributed by atoms with Gasteiger partial charge in [0.1, 0.15) is 4.75 Å². The first-order valence-corrected chi connectivity index (χ1v) is 6.97. The SMILES string of the molecule is CC(C)(CCCC=Cc1ccccn1)[S+](N)[O-]. The molecule has 1 rings (SSSR count). The van der Waals surface area contributed by atoms with Crippen molar-refractivity contribution in [2.75, 3.05) is 0 Å². The second kappa shape index (κ2) is 6.79. The minimum atomic E-state index is -1.25. The van der Waals surface area contributed by atoms with E-state index in [0.29, 0.717) is 0 Å². The van der Waals surface area contributed by atoms with Crippen LogP contribution in [0.25, 0.3) is 6.08 Å². The van der Waals surface area contributed by atoms with Crippen LogP contribution in [0.2, 0.25) is 0 Å². The van der Waals surface area contributed by atoms with E-state index >= 15 is 0 Å². The Labute approximate surface area is 106 Å². The van der Waals surface area contributed by atoms with E-state index in [9.17, 15) is 4.55 Å². The van der Waals surface area contributed by atoms with Crippen molar-refractivity contribution in [3.63, 3.8) is 0 Å². The standard InChI is InChI=1S/C13H20N2OS/c1-13(2,17(14)16)10-6-3-4-8-12-9-5-7-11-15-12/h4-5,7-9,11H,3,6,10,14H2,1-2H3. The lowest BCUT2D eigenvalue weighted by molar-refractivity contribution is 0.518. The molecule has 0 aliphatic heterocycles. The molecule has 0 aromatic carbocycles. The van der Waals surface area contributed by atoms with Gasteiger partial charge in [-0.1, -0.05) is 12.1 Å². The van der Waals surface area contributed by atoms with E-state index in [1.54, 1.807) is 6.20 Å². The van der Waals surface area contributed by atoms with Crippen LogP contribution in [0.15, 0.2) is 30.5 Å². The molecule has 0 bridgehead atoms. The van der Waals surface area contributed by atoms with Crippen LogP contribution in [0.4, 0.5) is 0 Å². The highest BCUT2D eigenvalue weighted by atomic mass is 32.2. The Kier molecular flexibility index (Phi) is 5.68. The van der Waals surface area contributed by atoms with E-state index in [-0.39, 0.29) is 4.75 Å². The molecule has 94 valence electrons. The maximum Gasteiger partial charge on any atom is 0.139 e. The van der Waals surface area contributed by atoms with Crippen molar-refractivity contribution in [3.8, 4) is 0 Å². The topological polar surface area (TPSA) is 62.0 Å². The van der Waals surface area contributed by atoms with Crippen molar-refractivity contribution in [2.45, 2.75) is 37.9 Å². The van der Waals surface area contributed by atoms with Crippen LogP contribution in [0.1, 0.15) is 38.8 Å². The molecule has 1 heterocycles. The molecule has 1 atom stereocenters. The molecule has 0 saturated heterocycles. The third-order valence-electron chi connectivity index (χ3n) is 2.67. The van der Waals surface area contributed by atoms with Gasteiger partial charge in [-0.05, 0) is 51.3 Å². The summed E-state index contributed by atoms with van der Waals surface area (Å²) in [6.45, 7) is 3.87. The summed E-state index contributed by atoms with van der Waals surface area (Å²) < 4.78 is 10.9. The lowest BCUT2D eigenvalue weighted by Crippen LogP contribution is -2.37. The van der Waals surface area contributed by atoms with Gasteiger partial charge in [0, 0.05) is 17.6 Å². The number of unbranched alkanes of at least 4 members (excludes halogenated alkanes) is 1. The molecule has 1 unspecified atom stereocenters. The van der Waals surface area contributed by atoms with E-state index in [1.807, 2.05) is 38.1 Å². The predicted molar refractivity (Wildman–Crippen MR) is 73.5 cm³/mol. The van der Waals surface area contributed by atoms with Crippen molar-refractivity contribution in [1.29, 1.82) is 0 Å². The molecule has 1 aromatic heterocycles. The summed E-state index contributed by atoms with van der Waals surface area (Å²) in [5.74, 6) is 0. The zero-order valence-electron chi connectivity index (χ0n) is 10.4. The van der Waals surface area contributed by atoms with E-state index in [4.69, 9.17) is 5.14 Å². The Morgan fingerprint density at radius 2 is 2.24 bits per heavy atom. The Hall–Kier alpha value is -0.840. The first-order chi connectivity index (χ1) is 8.02. The molecule has 17 heavy (non-hydrogen) atoms. The number of aromatic nitrogens is 1. The molecule has 0 fully saturated rings. The van der Waals surface area contributed by atoms with Gasteiger partial charge in [0.05, 0.1) is 5.69 Å². The summed E-state index contributed by atoms with van der Waals surface area (Å²) in [6.07, 6.45) is 8.68. The molecular formula is C13H20N2OS. The number of hydrogen-bond donors (Lipinski definition) is 1. The van der Waals surface area contributed by atoms with E-state index in [2.05, 4.69) is 11.1 Å². The number of rotatable bonds is 6. The third kappa shape index (κ3) is 5.35.